The second-order valence-corrected chi connectivity index (χ2v) is 4.25. The second kappa shape index (κ2) is 6.44. The number of carbonyl (C=O) groups is 1. The summed E-state index contributed by atoms with van der Waals surface area (Å²) >= 11 is 0. The Bertz CT molecular complexity index is 717. The van der Waals surface area contributed by atoms with E-state index in [0.717, 1.165) is 0 Å². The highest BCUT2D eigenvalue weighted by Crippen LogP contribution is 2.31. The van der Waals surface area contributed by atoms with Crippen molar-refractivity contribution in [2.75, 3.05) is 17.7 Å². The van der Waals surface area contributed by atoms with Crippen molar-refractivity contribution in [3.8, 4) is 11.5 Å². The third-order valence-corrected chi connectivity index (χ3v) is 2.76. The van der Waals surface area contributed by atoms with Gasteiger partial charge in [0.25, 0.3) is 5.69 Å². The molecule has 0 aliphatic rings. The van der Waals surface area contributed by atoms with E-state index in [2.05, 4.69) is 10.6 Å². The zero-order valence-electron chi connectivity index (χ0n) is 11.6. The maximum absolute atomic E-state index is 10.9. The third kappa shape index (κ3) is 3.63. The topological polar surface area (TPSA) is 114 Å². The number of carboxylic acid groups (broad SMARTS) is 1. The maximum Gasteiger partial charge on any atom is 0.409 e. The van der Waals surface area contributed by atoms with Crippen molar-refractivity contribution in [1.82, 2.24) is 0 Å². The first-order valence-corrected chi connectivity index (χ1v) is 6.23. The van der Waals surface area contributed by atoms with Crippen molar-refractivity contribution in [1.29, 1.82) is 0 Å². The molecule has 0 fully saturated rings. The van der Waals surface area contributed by atoms with E-state index in [9.17, 15) is 14.9 Å². The van der Waals surface area contributed by atoms with Crippen LogP contribution in [0.15, 0.2) is 42.5 Å². The van der Waals surface area contributed by atoms with Crippen LogP contribution in [0.2, 0.25) is 0 Å². The number of hydrogen-bond acceptors (Lipinski definition) is 5. The Morgan fingerprint density at radius 2 is 1.95 bits per heavy atom. The van der Waals surface area contributed by atoms with E-state index in [1.807, 2.05) is 0 Å². The van der Waals surface area contributed by atoms with Gasteiger partial charge in [0, 0.05) is 30.9 Å². The molecule has 8 heteroatoms. The van der Waals surface area contributed by atoms with Crippen molar-refractivity contribution in [2.24, 2.45) is 0 Å². The predicted molar refractivity (Wildman–Crippen MR) is 80.8 cm³/mol. The summed E-state index contributed by atoms with van der Waals surface area (Å²) in [5.41, 5.74) is 0.624. The average molecular weight is 303 g/mol. The fraction of sp³-hybridized carbons (Fsp3) is 0.0714. The Balaban J connectivity index is 2.23. The molecule has 0 saturated carbocycles. The lowest BCUT2D eigenvalue weighted by molar-refractivity contribution is -0.384. The van der Waals surface area contributed by atoms with Gasteiger partial charge in [-0.3, -0.25) is 15.4 Å². The fourth-order valence-electron chi connectivity index (χ4n) is 1.83. The first kappa shape index (κ1) is 15.1. The number of rotatable bonds is 5. The molecule has 0 bridgehead atoms. The Morgan fingerprint density at radius 3 is 2.59 bits per heavy atom. The van der Waals surface area contributed by atoms with Crippen LogP contribution in [0.1, 0.15) is 0 Å². The maximum atomic E-state index is 10.9. The minimum Gasteiger partial charge on any atom is -0.465 e. The molecular formula is C14H13N3O5. The van der Waals surface area contributed by atoms with Crippen LogP contribution in [0.25, 0.3) is 0 Å². The Labute approximate surface area is 125 Å². The monoisotopic (exact) mass is 303 g/mol. The largest absolute Gasteiger partial charge is 0.465 e. The number of nitrogens with one attached hydrogen (secondary N) is 2. The normalized spacial score (nSPS) is 9.86. The highest BCUT2D eigenvalue weighted by molar-refractivity contribution is 5.83. The molecule has 0 unspecified atom stereocenters. The van der Waals surface area contributed by atoms with E-state index in [1.165, 1.54) is 24.3 Å². The summed E-state index contributed by atoms with van der Waals surface area (Å²) < 4.78 is 5.58. The van der Waals surface area contributed by atoms with E-state index < -0.39 is 11.0 Å². The van der Waals surface area contributed by atoms with Gasteiger partial charge in [-0.25, -0.2) is 4.79 Å². The van der Waals surface area contributed by atoms with Gasteiger partial charge in [-0.2, -0.15) is 0 Å². The second-order valence-electron chi connectivity index (χ2n) is 4.25. The summed E-state index contributed by atoms with van der Waals surface area (Å²) in [5.74, 6) is 0.796. The number of nitro benzene ring substituents is 1. The van der Waals surface area contributed by atoms with E-state index in [4.69, 9.17) is 9.84 Å². The fourth-order valence-corrected chi connectivity index (χ4v) is 1.83. The lowest BCUT2D eigenvalue weighted by Gasteiger charge is -2.09. The van der Waals surface area contributed by atoms with Gasteiger partial charge in [0.15, 0.2) is 0 Å². The molecule has 22 heavy (non-hydrogen) atoms. The summed E-state index contributed by atoms with van der Waals surface area (Å²) in [6, 6.07) is 10.7. The quantitative estimate of drug-likeness (QED) is 0.575. The van der Waals surface area contributed by atoms with E-state index in [-0.39, 0.29) is 5.69 Å². The highest BCUT2D eigenvalue weighted by atomic mass is 16.6. The molecule has 0 aliphatic carbocycles. The van der Waals surface area contributed by atoms with Gasteiger partial charge < -0.3 is 15.2 Å². The summed E-state index contributed by atoms with van der Waals surface area (Å²) in [7, 11) is 1.57. The molecule has 0 spiro atoms. The van der Waals surface area contributed by atoms with Crippen LogP contribution in [0.4, 0.5) is 21.9 Å². The third-order valence-electron chi connectivity index (χ3n) is 2.76. The van der Waals surface area contributed by atoms with Crippen molar-refractivity contribution >= 4 is 23.2 Å². The van der Waals surface area contributed by atoms with Crippen molar-refractivity contribution < 1.29 is 19.6 Å². The summed E-state index contributed by atoms with van der Waals surface area (Å²) in [6.07, 6.45) is -1.18. The van der Waals surface area contributed by atoms with Crippen molar-refractivity contribution in [3.05, 3.63) is 52.6 Å². The first-order valence-electron chi connectivity index (χ1n) is 6.23. The van der Waals surface area contributed by atoms with Gasteiger partial charge in [0.05, 0.1) is 4.92 Å². The minimum absolute atomic E-state index is 0.0591. The van der Waals surface area contributed by atoms with Crippen LogP contribution in [0, 0.1) is 10.1 Å². The zero-order valence-corrected chi connectivity index (χ0v) is 11.6. The Morgan fingerprint density at radius 1 is 1.23 bits per heavy atom. The molecular weight excluding hydrogens is 290 g/mol. The number of amides is 1. The molecule has 3 N–H and O–H groups in total. The summed E-state index contributed by atoms with van der Waals surface area (Å²) in [4.78, 5) is 21.0. The number of ether oxygens (including phenoxy) is 1. The number of nitrogens with zero attached hydrogens (tertiary/aromatic N) is 1. The SMILES string of the molecule is CNc1cc(Oc2cccc(NC(=O)O)c2)ccc1[N+](=O)[O-]. The molecule has 1 amide bonds. The molecule has 0 aliphatic heterocycles. The number of hydrogen-bond donors (Lipinski definition) is 3. The Kier molecular flexibility index (Phi) is 4.42. The summed E-state index contributed by atoms with van der Waals surface area (Å²) in [6.45, 7) is 0. The lowest BCUT2D eigenvalue weighted by atomic mass is 10.2. The average Bonchev–Trinajstić information content (AvgIpc) is 2.46. The van der Waals surface area contributed by atoms with E-state index in [1.54, 1.807) is 25.2 Å². The van der Waals surface area contributed by atoms with Crippen molar-refractivity contribution in [2.45, 2.75) is 0 Å². The van der Waals surface area contributed by atoms with Crippen LogP contribution >= 0.6 is 0 Å². The van der Waals surface area contributed by atoms with Gasteiger partial charge in [-0.15, -0.1) is 0 Å². The Hall–Kier alpha value is -3.29. The molecule has 0 aromatic heterocycles. The molecule has 8 nitrogen and oxygen atoms in total. The number of nitro groups is 1. The van der Waals surface area contributed by atoms with Gasteiger partial charge in [-0.1, -0.05) is 6.07 Å². The van der Waals surface area contributed by atoms with Crippen LogP contribution < -0.4 is 15.4 Å². The summed E-state index contributed by atoms with van der Waals surface area (Å²) in [5, 5.41) is 24.5. The molecule has 2 rings (SSSR count). The van der Waals surface area contributed by atoms with Crippen molar-refractivity contribution in [3.63, 3.8) is 0 Å². The molecule has 0 saturated heterocycles. The first-order chi connectivity index (χ1) is 10.5. The molecule has 114 valence electrons. The minimum atomic E-state index is -1.18. The van der Waals surface area contributed by atoms with Gasteiger partial charge in [-0.05, 0) is 18.2 Å². The van der Waals surface area contributed by atoms with Gasteiger partial charge in [0.1, 0.15) is 17.2 Å². The smallest absolute Gasteiger partial charge is 0.409 e. The molecule has 2 aromatic carbocycles. The highest BCUT2D eigenvalue weighted by Gasteiger charge is 2.13. The van der Waals surface area contributed by atoms with Gasteiger partial charge in [0.2, 0.25) is 0 Å². The molecule has 2 aromatic rings. The molecule has 0 radical (unpaired) electrons. The van der Waals surface area contributed by atoms with Gasteiger partial charge >= 0.3 is 6.09 Å². The van der Waals surface area contributed by atoms with Crippen LogP contribution in [-0.2, 0) is 0 Å². The van der Waals surface area contributed by atoms with Crippen LogP contribution in [0.3, 0.4) is 0 Å². The zero-order chi connectivity index (χ0) is 16.1. The van der Waals surface area contributed by atoms with E-state index >= 15 is 0 Å². The van der Waals surface area contributed by atoms with Crippen LogP contribution in [0.5, 0.6) is 11.5 Å². The molecule has 0 atom stereocenters. The predicted octanol–water partition coefficient (Wildman–Crippen LogP) is 3.52. The number of anilines is 2. The van der Waals surface area contributed by atoms with E-state index in [0.29, 0.717) is 22.9 Å². The van der Waals surface area contributed by atoms with Crippen LogP contribution in [-0.4, -0.2) is 23.2 Å². The number of benzene rings is 2. The standard InChI is InChI=1S/C14H13N3O5/c1-15-12-8-11(5-6-13(12)17(20)21)22-10-4-2-3-9(7-10)16-14(18)19/h2-8,15-16H,1H3,(H,18,19). The molecule has 0 heterocycles. The lowest BCUT2D eigenvalue weighted by Crippen LogP contribution is -2.06.